The Balaban J connectivity index is 1.63. The molecule has 0 aliphatic rings. The molecule has 29 heavy (non-hydrogen) atoms. The summed E-state index contributed by atoms with van der Waals surface area (Å²) in [4.78, 5) is 17.0. The summed E-state index contributed by atoms with van der Waals surface area (Å²) in [5.74, 6) is -0.772. The molecule has 146 valence electrons. The number of anilines is 1. The van der Waals surface area contributed by atoms with Gasteiger partial charge in [-0.15, -0.1) is 0 Å². The summed E-state index contributed by atoms with van der Waals surface area (Å²) in [5.41, 5.74) is 1.82. The highest BCUT2D eigenvalue weighted by molar-refractivity contribution is 6.33. The predicted molar refractivity (Wildman–Crippen MR) is 107 cm³/mol. The van der Waals surface area contributed by atoms with E-state index in [4.69, 9.17) is 16.1 Å². The van der Waals surface area contributed by atoms with Crippen molar-refractivity contribution in [2.24, 2.45) is 0 Å². The minimum absolute atomic E-state index is 0.0324. The van der Waals surface area contributed by atoms with Gasteiger partial charge in [0.05, 0.1) is 16.9 Å². The van der Waals surface area contributed by atoms with Crippen molar-refractivity contribution in [3.8, 4) is 11.3 Å². The van der Waals surface area contributed by atoms with Gasteiger partial charge in [0.25, 0.3) is 5.91 Å². The lowest BCUT2D eigenvalue weighted by molar-refractivity contribution is 0.102. The van der Waals surface area contributed by atoms with Gasteiger partial charge < -0.3 is 14.4 Å². The van der Waals surface area contributed by atoms with Crippen LogP contribution < -0.4 is 5.32 Å². The van der Waals surface area contributed by atoms with Crippen molar-refractivity contribution < 1.29 is 13.7 Å². The first-order valence-corrected chi connectivity index (χ1v) is 9.17. The Morgan fingerprint density at radius 1 is 1.28 bits per heavy atom. The molecule has 2 aromatic carbocycles. The van der Waals surface area contributed by atoms with Crippen LogP contribution in [0.2, 0.25) is 5.02 Å². The van der Waals surface area contributed by atoms with Crippen LogP contribution in [0.1, 0.15) is 21.7 Å². The quantitative estimate of drug-likeness (QED) is 0.505. The molecule has 8 heteroatoms. The maximum atomic E-state index is 14.3. The molecule has 0 saturated carbocycles. The summed E-state index contributed by atoms with van der Waals surface area (Å²) >= 11 is 6.14. The van der Waals surface area contributed by atoms with Gasteiger partial charge in [0.1, 0.15) is 22.8 Å². The first-order valence-electron chi connectivity index (χ1n) is 8.79. The molecule has 1 amide bonds. The molecule has 0 fully saturated rings. The molecule has 0 radical (unpaired) electrons. The molecular formula is C21H16ClFN4O2. The molecule has 2 heterocycles. The maximum Gasteiger partial charge on any atom is 0.261 e. The number of nitrogens with zero attached hydrogens (tertiary/aromatic N) is 3. The standard InChI is InChI=1S/C21H16ClFN4O2/c1-13-18(20(26-29-13)19-16(22)6-3-7-17(19)23)21(28)25-15-5-2-4-14(10-15)11-27-9-8-24-12-27/h2-10,12H,11H2,1H3,(H,25,28). The van der Waals surface area contributed by atoms with E-state index in [2.05, 4.69) is 15.5 Å². The lowest BCUT2D eigenvalue weighted by Gasteiger charge is -2.09. The maximum absolute atomic E-state index is 14.3. The Bertz CT molecular complexity index is 1150. The van der Waals surface area contributed by atoms with Gasteiger partial charge in [0.15, 0.2) is 0 Å². The molecule has 6 nitrogen and oxygen atoms in total. The van der Waals surface area contributed by atoms with E-state index in [1.54, 1.807) is 25.5 Å². The zero-order chi connectivity index (χ0) is 20.4. The number of aromatic nitrogens is 3. The van der Waals surface area contributed by atoms with Crippen molar-refractivity contribution in [2.75, 3.05) is 5.32 Å². The Kier molecular flexibility index (Phi) is 5.14. The van der Waals surface area contributed by atoms with Gasteiger partial charge in [0, 0.05) is 24.6 Å². The van der Waals surface area contributed by atoms with Crippen LogP contribution in [0.25, 0.3) is 11.3 Å². The molecule has 0 atom stereocenters. The van der Waals surface area contributed by atoms with E-state index in [-0.39, 0.29) is 27.6 Å². The molecule has 1 N–H and O–H groups in total. The van der Waals surface area contributed by atoms with Crippen LogP contribution in [-0.2, 0) is 6.54 Å². The summed E-state index contributed by atoms with van der Waals surface area (Å²) in [6.45, 7) is 2.21. The second kappa shape index (κ2) is 7.89. The van der Waals surface area contributed by atoms with Crippen LogP contribution >= 0.6 is 11.6 Å². The normalized spacial score (nSPS) is 10.9. The fourth-order valence-electron chi connectivity index (χ4n) is 3.07. The average molecular weight is 411 g/mol. The third-order valence-corrected chi connectivity index (χ3v) is 4.71. The molecule has 0 bridgehead atoms. The first kappa shape index (κ1) is 18.9. The van der Waals surface area contributed by atoms with E-state index in [1.165, 1.54) is 18.2 Å². The number of carbonyl (C=O) groups excluding carboxylic acids is 1. The number of halogens is 2. The van der Waals surface area contributed by atoms with Crippen molar-refractivity contribution in [3.05, 3.63) is 88.9 Å². The largest absolute Gasteiger partial charge is 0.360 e. The second-order valence-corrected chi connectivity index (χ2v) is 6.86. The van der Waals surface area contributed by atoms with Gasteiger partial charge in [0.2, 0.25) is 0 Å². The molecule has 0 spiro atoms. The van der Waals surface area contributed by atoms with Crippen LogP contribution in [0.5, 0.6) is 0 Å². The van der Waals surface area contributed by atoms with Crippen molar-refractivity contribution in [1.82, 2.24) is 14.7 Å². The van der Waals surface area contributed by atoms with Crippen LogP contribution in [0.15, 0.2) is 65.7 Å². The third-order valence-electron chi connectivity index (χ3n) is 4.40. The highest BCUT2D eigenvalue weighted by Gasteiger charge is 2.25. The Hall–Kier alpha value is -3.45. The SMILES string of the molecule is Cc1onc(-c2c(F)cccc2Cl)c1C(=O)Nc1cccc(Cn2ccnc2)c1. The number of aryl methyl sites for hydroxylation is 1. The summed E-state index contributed by atoms with van der Waals surface area (Å²) in [5, 5.41) is 6.84. The van der Waals surface area contributed by atoms with Gasteiger partial charge in [-0.3, -0.25) is 4.79 Å². The lowest BCUT2D eigenvalue weighted by Crippen LogP contribution is -2.14. The number of benzene rings is 2. The lowest BCUT2D eigenvalue weighted by atomic mass is 10.0. The fourth-order valence-corrected chi connectivity index (χ4v) is 3.32. The highest BCUT2D eigenvalue weighted by Crippen LogP contribution is 2.33. The number of carbonyl (C=O) groups is 1. The summed E-state index contributed by atoms with van der Waals surface area (Å²) in [6, 6.07) is 11.7. The van der Waals surface area contributed by atoms with Crippen molar-refractivity contribution in [3.63, 3.8) is 0 Å². The van der Waals surface area contributed by atoms with Gasteiger partial charge in [-0.05, 0) is 36.8 Å². The number of hydrogen-bond donors (Lipinski definition) is 1. The summed E-state index contributed by atoms with van der Waals surface area (Å²) < 4.78 is 21.4. The summed E-state index contributed by atoms with van der Waals surface area (Å²) in [7, 11) is 0. The monoisotopic (exact) mass is 410 g/mol. The number of imidazole rings is 1. The second-order valence-electron chi connectivity index (χ2n) is 6.45. The Morgan fingerprint density at radius 2 is 2.10 bits per heavy atom. The molecule has 0 aliphatic heterocycles. The van der Waals surface area contributed by atoms with Gasteiger partial charge in [-0.25, -0.2) is 9.37 Å². The number of amides is 1. The predicted octanol–water partition coefficient (Wildman–Crippen LogP) is 4.94. The van der Waals surface area contributed by atoms with E-state index < -0.39 is 11.7 Å². The Labute approximate surface area is 170 Å². The van der Waals surface area contributed by atoms with E-state index >= 15 is 0 Å². The number of nitrogens with one attached hydrogen (secondary N) is 1. The number of rotatable bonds is 5. The minimum atomic E-state index is -0.581. The highest BCUT2D eigenvalue weighted by atomic mass is 35.5. The topological polar surface area (TPSA) is 73.0 Å². The van der Waals surface area contributed by atoms with Crippen LogP contribution in [0.4, 0.5) is 10.1 Å². The molecular weight excluding hydrogens is 395 g/mol. The zero-order valence-electron chi connectivity index (χ0n) is 15.4. The van der Waals surface area contributed by atoms with E-state index in [0.717, 1.165) is 5.56 Å². The zero-order valence-corrected chi connectivity index (χ0v) is 16.2. The van der Waals surface area contributed by atoms with Crippen LogP contribution in [-0.4, -0.2) is 20.6 Å². The molecule has 0 saturated heterocycles. The molecule has 4 rings (SSSR count). The van der Waals surface area contributed by atoms with Gasteiger partial charge in [-0.2, -0.15) is 0 Å². The molecule has 0 unspecified atom stereocenters. The van der Waals surface area contributed by atoms with E-state index in [0.29, 0.717) is 12.2 Å². The van der Waals surface area contributed by atoms with E-state index in [9.17, 15) is 9.18 Å². The van der Waals surface area contributed by atoms with Crippen LogP contribution in [0.3, 0.4) is 0 Å². The third kappa shape index (κ3) is 3.90. The van der Waals surface area contributed by atoms with Crippen molar-refractivity contribution in [2.45, 2.75) is 13.5 Å². The van der Waals surface area contributed by atoms with Gasteiger partial charge in [-0.1, -0.05) is 35.0 Å². The summed E-state index contributed by atoms with van der Waals surface area (Å²) in [6.07, 6.45) is 5.28. The van der Waals surface area contributed by atoms with E-state index in [1.807, 2.05) is 29.0 Å². The van der Waals surface area contributed by atoms with Crippen molar-refractivity contribution >= 4 is 23.2 Å². The van der Waals surface area contributed by atoms with Crippen LogP contribution in [0, 0.1) is 12.7 Å². The first-order chi connectivity index (χ1) is 14.0. The minimum Gasteiger partial charge on any atom is -0.360 e. The molecule has 4 aromatic rings. The average Bonchev–Trinajstić information content (AvgIpc) is 3.32. The Morgan fingerprint density at radius 3 is 2.86 bits per heavy atom. The smallest absolute Gasteiger partial charge is 0.261 e. The number of hydrogen-bond acceptors (Lipinski definition) is 4. The molecule has 2 aromatic heterocycles. The van der Waals surface area contributed by atoms with Crippen molar-refractivity contribution in [1.29, 1.82) is 0 Å². The molecule has 0 aliphatic carbocycles. The van der Waals surface area contributed by atoms with Gasteiger partial charge >= 0.3 is 0 Å². The fraction of sp³-hybridized carbons (Fsp3) is 0.0952.